The highest BCUT2D eigenvalue weighted by molar-refractivity contribution is 6.04. The van der Waals surface area contributed by atoms with Crippen molar-refractivity contribution >= 4 is 11.7 Å². The Balaban J connectivity index is 2.42. The van der Waals surface area contributed by atoms with Crippen molar-refractivity contribution in [2.45, 2.75) is 12.5 Å². The van der Waals surface area contributed by atoms with Gasteiger partial charge in [0.05, 0.1) is 6.04 Å². The van der Waals surface area contributed by atoms with Gasteiger partial charge in [0.1, 0.15) is 0 Å². The minimum Gasteiger partial charge on any atom is -0.318 e. The number of hydrogen-bond donors (Lipinski definition) is 3. The van der Waals surface area contributed by atoms with E-state index < -0.39 is 6.04 Å². The molecule has 13 heavy (non-hydrogen) atoms. The summed E-state index contributed by atoms with van der Waals surface area (Å²) in [6, 6.07) is -0.643. The van der Waals surface area contributed by atoms with Crippen molar-refractivity contribution in [3.8, 4) is 0 Å². The largest absolute Gasteiger partial charge is 0.318 e. The fourth-order valence-corrected chi connectivity index (χ4v) is 1.39. The summed E-state index contributed by atoms with van der Waals surface area (Å²) in [6.07, 6.45) is 3.33. The van der Waals surface area contributed by atoms with E-state index in [1.165, 1.54) is 6.08 Å². The van der Waals surface area contributed by atoms with E-state index in [0.29, 0.717) is 11.1 Å². The highest BCUT2D eigenvalue weighted by Crippen LogP contribution is 2.22. The second-order valence-electron chi connectivity index (χ2n) is 3.02. The number of nitrogens with one attached hydrogen (secondary N) is 2. The van der Waals surface area contributed by atoms with Crippen molar-refractivity contribution in [2.24, 2.45) is 5.73 Å². The molecule has 1 aliphatic heterocycles. The molecule has 4 N–H and O–H groups in total. The van der Waals surface area contributed by atoms with Crippen LogP contribution in [0.15, 0.2) is 23.4 Å². The first kappa shape index (κ1) is 8.00. The molecule has 0 bridgehead atoms. The molecular weight excluding hydrogens is 170 g/mol. The zero-order chi connectivity index (χ0) is 9.42. The summed E-state index contributed by atoms with van der Waals surface area (Å²) in [5.41, 5.74) is 11.7. The lowest BCUT2D eigenvalue weighted by Gasteiger charge is -2.23. The first-order valence-corrected chi connectivity index (χ1v) is 3.94. The summed E-state index contributed by atoms with van der Waals surface area (Å²) >= 11 is 0. The number of fused-ring (bicyclic) bond motifs is 1. The number of ketones is 1. The zero-order valence-corrected chi connectivity index (χ0v) is 6.83. The van der Waals surface area contributed by atoms with Crippen LogP contribution in [-0.2, 0) is 9.59 Å². The van der Waals surface area contributed by atoms with Crippen LogP contribution >= 0.6 is 0 Å². The van der Waals surface area contributed by atoms with E-state index in [0.717, 1.165) is 0 Å². The molecule has 0 saturated heterocycles. The maximum Gasteiger partial charge on any atom is 0.269 e. The van der Waals surface area contributed by atoms with Crippen LogP contribution in [0.4, 0.5) is 0 Å². The van der Waals surface area contributed by atoms with Gasteiger partial charge < -0.3 is 11.2 Å². The number of carbonyl (C=O) groups is 2. The van der Waals surface area contributed by atoms with E-state index in [-0.39, 0.29) is 18.1 Å². The SMILES string of the molecule is NC1C=C2C(=O)NNC=C2CC1=O. The lowest BCUT2D eigenvalue weighted by Crippen LogP contribution is -2.43. The van der Waals surface area contributed by atoms with Gasteiger partial charge >= 0.3 is 0 Å². The Kier molecular flexibility index (Phi) is 1.66. The van der Waals surface area contributed by atoms with Gasteiger partial charge in [0.15, 0.2) is 5.78 Å². The van der Waals surface area contributed by atoms with Crippen LogP contribution in [0.3, 0.4) is 0 Å². The fraction of sp³-hybridized carbons (Fsp3) is 0.250. The molecule has 0 aromatic rings. The summed E-state index contributed by atoms with van der Waals surface area (Å²) in [5, 5.41) is 0. The van der Waals surface area contributed by atoms with Crippen molar-refractivity contribution in [1.29, 1.82) is 0 Å². The average Bonchev–Trinajstić information content (AvgIpc) is 2.09. The van der Waals surface area contributed by atoms with Crippen LogP contribution in [0.25, 0.3) is 0 Å². The maximum atomic E-state index is 11.2. The third-order valence-electron chi connectivity index (χ3n) is 2.11. The highest BCUT2D eigenvalue weighted by Gasteiger charge is 2.28. The molecule has 1 amide bonds. The summed E-state index contributed by atoms with van der Waals surface area (Å²) in [6.45, 7) is 0. The van der Waals surface area contributed by atoms with Crippen molar-refractivity contribution in [3.63, 3.8) is 0 Å². The molecular formula is C8H9N3O2. The number of nitrogens with two attached hydrogens (primary N) is 1. The highest BCUT2D eigenvalue weighted by atomic mass is 16.2. The topological polar surface area (TPSA) is 84.2 Å². The number of rotatable bonds is 0. The molecule has 0 fully saturated rings. The molecule has 1 unspecified atom stereocenters. The molecule has 2 rings (SSSR count). The number of Topliss-reactive ketones (excluding diaryl/α,β-unsaturated/α-hetero) is 1. The minimum atomic E-state index is -0.643. The molecule has 0 aromatic carbocycles. The maximum absolute atomic E-state index is 11.2. The number of hydrogen-bond acceptors (Lipinski definition) is 4. The first-order valence-electron chi connectivity index (χ1n) is 3.94. The third-order valence-corrected chi connectivity index (χ3v) is 2.11. The standard InChI is InChI=1S/C8H9N3O2/c9-6-2-5-4(1-7(6)12)3-10-11-8(5)13/h2-3,6,10H,1,9H2,(H,11,13). The van der Waals surface area contributed by atoms with Gasteiger partial charge in [-0.15, -0.1) is 0 Å². The molecule has 1 aliphatic carbocycles. The molecule has 68 valence electrons. The molecule has 1 heterocycles. The van der Waals surface area contributed by atoms with Gasteiger partial charge in [0.2, 0.25) is 0 Å². The minimum absolute atomic E-state index is 0.0634. The van der Waals surface area contributed by atoms with Crippen molar-refractivity contribution in [3.05, 3.63) is 23.4 Å². The molecule has 0 radical (unpaired) electrons. The monoisotopic (exact) mass is 179 g/mol. The van der Waals surface area contributed by atoms with Gasteiger partial charge in [-0.1, -0.05) is 0 Å². The summed E-state index contributed by atoms with van der Waals surface area (Å²) in [7, 11) is 0. The van der Waals surface area contributed by atoms with E-state index >= 15 is 0 Å². The lowest BCUT2D eigenvalue weighted by atomic mass is 9.89. The molecule has 2 aliphatic rings. The number of carbonyl (C=O) groups excluding carboxylic acids is 2. The van der Waals surface area contributed by atoms with Crippen molar-refractivity contribution in [1.82, 2.24) is 10.9 Å². The molecule has 0 spiro atoms. The summed E-state index contributed by atoms with van der Waals surface area (Å²) < 4.78 is 0. The Hall–Kier alpha value is -1.62. The van der Waals surface area contributed by atoms with Crippen LogP contribution in [0.1, 0.15) is 6.42 Å². The van der Waals surface area contributed by atoms with E-state index in [2.05, 4.69) is 10.9 Å². The summed E-state index contributed by atoms with van der Waals surface area (Å²) in [5.74, 6) is -0.299. The average molecular weight is 179 g/mol. The molecule has 5 nitrogen and oxygen atoms in total. The Morgan fingerprint density at radius 3 is 3.00 bits per heavy atom. The Labute approximate surface area is 74.6 Å². The number of hydrazine groups is 1. The van der Waals surface area contributed by atoms with Crippen LogP contribution in [0.5, 0.6) is 0 Å². The lowest BCUT2D eigenvalue weighted by molar-refractivity contribution is -0.119. The van der Waals surface area contributed by atoms with E-state index in [1.807, 2.05) is 0 Å². The fourth-order valence-electron chi connectivity index (χ4n) is 1.39. The number of amides is 1. The van der Waals surface area contributed by atoms with Crippen LogP contribution in [-0.4, -0.2) is 17.7 Å². The second kappa shape index (κ2) is 2.70. The predicted molar refractivity (Wildman–Crippen MR) is 45.0 cm³/mol. The smallest absolute Gasteiger partial charge is 0.269 e. The third kappa shape index (κ3) is 1.23. The van der Waals surface area contributed by atoms with Crippen LogP contribution in [0, 0.1) is 0 Å². The van der Waals surface area contributed by atoms with E-state index in [4.69, 9.17) is 5.73 Å². The normalized spacial score (nSPS) is 26.7. The predicted octanol–water partition coefficient (Wildman–Crippen LogP) is -1.27. The Morgan fingerprint density at radius 2 is 2.23 bits per heavy atom. The van der Waals surface area contributed by atoms with Crippen molar-refractivity contribution in [2.75, 3.05) is 0 Å². The van der Waals surface area contributed by atoms with Gasteiger partial charge in [-0.2, -0.15) is 0 Å². The van der Waals surface area contributed by atoms with Crippen LogP contribution in [0.2, 0.25) is 0 Å². The van der Waals surface area contributed by atoms with E-state index in [1.54, 1.807) is 6.20 Å². The zero-order valence-electron chi connectivity index (χ0n) is 6.83. The van der Waals surface area contributed by atoms with Gasteiger partial charge in [0, 0.05) is 18.2 Å². The van der Waals surface area contributed by atoms with E-state index in [9.17, 15) is 9.59 Å². The Morgan fingerprint density at radius 1 is 1.46 bits per heavy atom. The molecule has 0 aromatic heterocycles. The molecule has 0 saturated carbocycles. The molecule has 5 heteroatoms. The molecule has 1 atom stereocenters. The van der Waals surface area contributed by atoms with Gasteiger partial charge in [-0.25, -0.2) is 0 Å². The van der Waals surface area contributed by atoms with Gasteiger partial charge in [-0.05, 0) is 11.6 Å². The quantitative estimate of drug-likeness (QED) is 0.433. The first-order chi connectivity index (χ1) is 6.18. The second-order valence-corrected chi connectivity index (χ2v) is 3.02. The van der Waals surface area contributed by atoms with Gasteiger partial charge in [-0.3, -0.25) is 15.0 Å². The summed E-state index contributed by atoms with van der Waals surface area (Å²) in [4.78, 5) is 22.4. The van der Waals surface area contributed by atoms with Crippen molar-refractivity contribution < 1.29 is 9.59 Å². The Bertz CT molecular complexity index is 343. The van der Waals surface area contributed by atoms with Gasteiger partial charge in [0.25, 0.3) is 5.91 Å². The van der Waals surface area contributed by atoms with Crippen LogP contribution < -0.4 is 16.6 Å².